The molecule has 1 aromatic rings. The van der Waals surface area contributed by atoms with Crippen LogP contribution in [0.15, 0.2) is 22.7 Å². The number of hydrogen-bond donors (Lipinski definition) is 1. The van der Waals surface area contributed by atoms with Crippen molar-refractivity contribution in [1.29, 1.82) is 0 Å². The second-order valence-corrected chi connectivity index (χ2v) is 4.76. The van der Waals surface area contributed by atoms with Crippen LogP contribution in [0.4, 0.5) is 0 Å². The Morgan fingerprint density at radius 2 is 2.06 bits per heavy atom. The lowest BCUT2D eigenvalue weighted by Crippen LogP contribution is -2.34. The van der Waals surface area contributed by atoms with Crippen molar-refractivity contribution in [3.05, 3.63) is 28.2 Å². The Balaban J connectivity index is 3.28. The molecule has 0 saturated carbocycles. The van der Waals surface area contributed by atoms with Crippen molar-refractivity contribution < 1.29 is 14.6 Å². The maximum Gasteiger partial charge on any atom is 0.325 e. The van der Waals surface area contributed by atoms with Crippen molar-refractivity contribution in [2.45, 2.75) is 19.9 Å². The van der Waals surface area contributed by atoms with Gasteiger partial charge in [-0.1, -0.05) is 29.8 Å². The summed E-state index contributed by atoms with van der Waals surface area (Å²) in [5, 5.41) is 9.46. The highest BCUT2D eigenvalue weighted by Crippen LogP contribution is 2.32. The molecule has 1 rings (SSSR count). The van der Waals surface area contributed by atoms with E-state index in [1.54, 1.807) is 19.2 Å². The third kappa shape index (κ3) is 3.23. The van der Waals surface area contributed by atoms with E-state index in [0.29, 0.717) is 24.4 Å². The monoisotopic (exact) mass is 315 g/mol. The van der Waals surface area contributed by atoms with E-state index in [1.165, 1.54) is 0 Å². The Bertz CT molecular complexity index is 419. The molecule has 5 heteroatoms. The molecule has 0 saturated heterocycles. The number of carbonyl (C=O) groups is 1. The zero-order chi connectivity index (χ0) is 13.7. The lowest BCUT2D eigenvalue weighted by Gasteiger charge is -2.27. The fourth-order valence-corrected chi connectivity index (χ4v) is 2.37. The normalized spacial score (nSPS) is 12.5. The van der Waals surface area contributed by atoms with Gasteiger partial charge >= 0.3 is 5.97 Å². The van der Waals surface area contributed by atoms with E-state index in [2.05, 4.69) is 15.9 Å². The first kappa shape index (κ1) is 15.0. The van der Waals surface area contributed by atoms with E-state index >= 15 is 0 Å². The summed E-state index contributed by atoms with van der Waals surface area (Å²) in [6.45, 7) is 5.24. The Morgan fingerprint density at radius 1 is 1.44 bits per heavy atom. The Hall–Kier alpha value is -1.07. The number of ether oxygens (including phenoxy) is 1. The maximum atomic E-state index is 11.5. The summed E-state index contributed by atoms with van der Waals surface area (Å²) < 4.78 is 6.10. The molecule has 0 aliphatic carbocycles. The van der Waals surface area contributed by atoms with E-state index in [1.807, 2.05) is 24.8 Å². The molecule has 0 fully saturated rings. The highest BCUT2D eigenvalue weighted by Gasteiger charge is 2.28. The SMILES string of the molecule is CCN(CC)C(C(=O)O)c1cc(Br)ccc1OC. The van der Waals surface area contributed by atoms with Crippen LogP contribution in [0.3, 0.4) is 0 Å². The first-order chi connectivity index (χ1) is 8.54. The van der Waals surface area contributed by atoms with Gasteiger partial charge < -0.3 is 9.84 Å². The molecule has 0 bridgehead atoms. The van der Waals surface area contributed by atoms with E-state index < -0.39 is 12.0 Å². The molecule has 0 heterocycles. The van der Waals surface area contributed by atoms with E-state index in [-0.39, 0.29) is 0 Å². The highest BCUT2D eigenvalue weighted by molar-refractivity contribution is 9.10. The van der Waals surface area contributed by atoms with Crippen LogP contribution in [0, 0.1) is 0 Å². The summed E-state index contributed by atoms with van der Waals surface area (Å²) in [7, 11) is 1.55. The van der Waals surface area contributed by atoms with Crippen LogP contribution in [-0.2, 0) is 4.79 Å². The quantitative estimate of drug-likeness (QED) is 0.877. The minimum atomic E-state index is -0.866. The van der Waals surface area contributed by atoms with Gasteiger partial charge in [0.15, 0.2) is 0 Å². The Labute approximate surface area is 116 Å². The standard InChI is InChI=1S/C13H18BrNO3/c1-4-15(5-2)12(13(16)17)10-8-9(14)6-7-11(10)18-3/h6-8,12H,4-5H2,1-3H3,(H,16,17). The molecule has 4 nitrogen and oxygen atoms in total. The third-order valence-electron chi connectivity index (χ3n) is 2.90. The average Bonchev–Trinajstić information content (AvgIpc) is 2.35. The lowest BCUT2D eigenvalue weighted by atomic mass is 10.0. The van der Waals surface area contributed by atoms with Gasteiger partial charge in [-0.3, -0.25) is 9.69 Å². The summed E-state index contributed by atoms with van der Waals surface area (Å²) >= 11 is 3.37. The number of nitrogens with zero attached hydrogens (tertiary/aromatic N) is 1. The summed E-state index contributed by atoms with van der Waals surface area (Å²) in [6.07, 6.45) is 0. The van der Waals surface area contributed by atoms with Gasteiger partial charge in [-0.2, -0.15) is 0 Å². The molecule has 0 aromatic heterocycles. The molecule has 0 radical (unpaired) electrons. The van der Waals surface area contributed by atoms with Crippen LogP contribution in [-0.4, -0.2) is 36.2 Å². The fourth-order valence-electron chi connectivity index (χ4n) is 1.99. The van der Waals surface area contributed by atoms with E-state index in [9.17, 15) is 9.90 Å². The molecule has 1 atom stereocenters. The number of carboxylic acids is 1. The van der Waals surface area contributed by atoms with Crippen molar-refractivity contribution in [3.8, 4) is 5.75 Å². The van der Waals surface area contributed by atoms with Crippen molar-refractivity contribution in [2.75, 3.05) is 20.2 Å². The summed E-state index contributed by atoms with van der Waals surface area (Å²) in [6, 6.07) is 4.73. The van der Waals surface area contributed by atoms with Crippen LogP contribution in [0.5, 0.6) is 5.75 Å². The molecule has 1 N–H and O–H groups in total. The molecule has 0 aliphatic heterocycles. The summed E-state index contributed by atoms with van der Waals surface area (Å²) in [5.74, 6) is -0.271. The minimum Gasteiger partial charge on any atom is -0.496 e. The fraction of sp³-hybridized carbons (Fsp3) is 0.462. The predicted molar refractivity (Wildman–Crippen MR) is 74.0 cm³/mol. The van der Waals surface area contributed by atoms with Crippen LogP contribution in [0.25, 0.3) is 0 Å². The van der Waals surface area contributed by atoms with Crippen LogP contribution in [0.1, 0.15) is 25.5 Å². The average molecular weight is 316 g/mol. The molecule has 100 valence electrons. The van der Waals surface area contributed by atoms with Crippen molar-refractivity contribution >= 4 is 21.9 Å². The molecule has 0 aliphatic rings. The largest absolute Gasteiger partial charge is 0.496 e. The van der Waals surface area contributed by atoms with Gasteiger partial charge in [0.25, 0.3) is 0 Å². The molecule has 18 heavy (non-hydrogen) atoms. The second kappa shape index (κ2) is 6.75. The number of carboxylic acid groups (broad SMARTS) is 1. The van der Waals surface area contributed by atoms with Gasteiger partial charge in [-0.15, -0.1) is 0 Å². The number of likely N-dealkylation sites (N-methyl/N-ethyl adjacent to an activating group) is 1. The topological polar surface area (TPSA) is 49.8 Å². The molecule has 1 aromatic carbocycles. The lowest BCUT2D eigenvalue weighted by molar-refractivity contribution is -0.143. The van der Waals surface area contributed by atoms with Gasteiger partial charge in [-0.25, -0.2) is 0 Å². The number of methoxy groups -OCH3 is 1. The smallest absolute Gasteiger partial charge is 0.325 e. The number of benzene rings is 1. The first-order valence-corrected chi connectivity index (χ1v) is 6.64. The number of rotatable bonds is 6. The van der Waals surface area contributed by atoms with Crippen LogP contribution < -0.4 is 4.74 Å². The summed E-state index contributed by atoms with van der Waals surface area (Å²) in [5.41, 5.74) is 0.670. The predicted octanol–water partition coefficient (Wildman–Crippen LogP) is 2.93. The molecule has 0 amide bonds. The highest BCUT2D eigenvalue weighted by atomic mass is 79.9. The van der Waals surface area contributed by atoms with Crippen molar-refractivity contribution in [1.82, 2.24) is 4.90 Å². The molecular formula is C13H18BrNO3. The minimum absolute atomic E-state index is 0.595. The first-order valence-electron chi connectivity index (χ1n) is 5.85. The molecular weight excluding hydrogens is 298 g/mol. The number of hydrogen-bond acceptors (Lipinski definition) is 3. The van der Waals surface area contributed by atoms with Crippen LogP contribution in [0.2, 0.25) is 0 Å². The van der Waals surface area contributed by atoms with Crippen molar-refractivity contribution in [2.24, 2.45) is 0 Å². The van der Waals surface area contributed by atoms with Gasteiger partial charge in [0.1, 0.15) is 11.8 Å². The third-order valence-corrected chi connectivity index (χ3v) is 3.39. The zero-order valence-electron chi connectivity index (χ0n) is 10.8. The summed E-state index contributed by atoms with van der Waals surface area (Å²) in [4.78, 5) is 13.4. The van der Waals surface area contributed by atoms with E-state index in [0.717, 1.165) is 4.47 Å². The van der Waals surface area contributed by atoms with Crippen molar-refractivity contribution in [3.63, 3.8) is 0 Å². The molecule has 1 unspecified atom stereocenters. The number of aliphatic carboxylic acids is 1. The van der Waals surface area contributed by atoms with Crippen LogP contribution >= 0.6 is 15.9 Å². The van der Waals surface area contributed by atoms with Gasteiger partial charge in [0, 0.05) is 10.0 Å². The van der Waals surface area contributed by atoms with Gasteiger partial charge in [0.05, 0.1) is 7.11 Å². The number of halogens is 1. The van der Waals surface area contributed by atoms with Gasteiger partial charge in [-0.05, 0) is 31.3 Å². The Kier molecular flexibility index (Phi) is 5.62. The zero-order valence-corrected chi connectivity index (χ0v) is 12.4. The molecule has 0 spiro atoms. The second-order valence-electron chi connectivity index (χ2n) is 3.85. The maximum absolute atomic E-state index is 11.5. The Morgan fingerprint density at radius 3 is 2.50 bits per heavy atom. The van der Waals surface area contributed by atoms with E-state index in [4.69, 9.17) is 4.74 Å². The van der Waals surface area contributed by atoms with Gasteiger partial charge in [0.2, 0.25) is 0 Å².